The van der Waals surface area contributed by atoms with Gasteiger partial charge < -0.3 is 37.8 Å². The standard InChI is InChI=1S/C44H48N5O12PS/c1-27-23-48(42(53)46-40(27)51)38-21-34(50)35(60-38)26-59-62(63,58-20-8-19-45)37-22-39(49-24-28(2)41(52)47-43(49)54)61-36(37)25-57-44(29-9-6-5-7-10-29,30-11-15-32(55-3)16-12-30)31-13-17-33(56-4)18-14-31/h5-7,9-18,23-24,34-39,50H,8,20-22,25-26H2,1-4H3,(H,46,51,53)(H,47,52,54)/t34-,35+,36+,37-,38+,39+,62?/m0/s1. The maximum atomic E-state index is 13.3. The molecule has 4 heterocycles. The van der Waals surface area contributed by atoms with Crippen molar-refractivity contribution in [3.63, 3.8) is 0 Å². The first-order valence-electron chi connectivity index (χ1n) is 20.2. The number of benzene rings is 3. The first-order valence-corrected chi connectivity index (χ1v) is 22.9. The summed E-state index contributed by atoms with van der Waals surface area (Å²) in [7, 11) is 3.17. The van der Waals surface area contributed by atoms with Gasteiger partial charge in [-0.3, -0.25) is 28.7 Å². The molecule has 63 heavy (non-hydrogen) atoms. The third-order valence-corrected chi connectivity index (χ3v) is 15.1. The van der Waals surface area contributed by atoms with Gasteiger partial charge in [-0.25, -0.2) is 9.59 Å². The first-order chi connectivity index (χ1) is 30.3. The van der Waals surface area contributed by atoms with E-state index >= 15 is 0 Å². The van der Waals surface area contributed by atoms with Crippen LogP contribution in [-0.2, 0) is 40.7 Å². The Labute approximate surface area is 366 Å². The molecule has 1 unspecified atom stereocenters. The molecule has 0 amide bonds. The molecule has 5 aromatic rings. The molecule has 0 spiro atoms. The number of nitrogens with one attached hydrogen (secondary N) is 2. The van der Waals surface area contributed by atoms with E-state index in [0.717, 1.165) is 16.7 Å². The van der Waals surface area contributed by atoms with E-state index in [0.29, 0.717) is 11.5 Å². The van der Waals surface area contributed by atoms with E-state index in [4.69, 9.17) is 44.5 Å². The highest BCUT2D eigenvalue weighted by molar-refractivity contribution is 8.10. The maximum absolute atomic E-state index is 13.3. The van der Waals surface area contributed by atoms with Crippen molar-refractivity contribution in [2.24, 2.45) is 0 Å². The number of methoxy groups -OCH3 is 2. The third kappa shape index (κ3) is 9.57. The van der Waals surface area contributed by atoms with Gasteiger partial charge in [-0.05, 0) is 66.6 Å². The molecule has 3 N–H and O–H groups in total. The first kappa shape index (κ1) is 45.5. The second kappa shape index (κ2) is 19.5. The number of rotatable bonds is 17. The van der Waals surface area contributed by atoms with Gasteiger partial charge in [0.2, 0.25) is 0 Å². The number of aromatic amines is 2. The van der Waals surface area contributed by atoms with Gasteiger partial charge in [-0.2, -0.15) is 5.26 Å². The lowest BCUT2D eigenvalue weighted by molar-refractivity contribution is -0.0779. The van der Waals surface area contributed by atoms with Crippen molar-refractivity contribution in [3.8, 4) is 17.6 Å². The van der Waals surface area contributed by atoms with Gasteiger partial charge in [0.25, 0.3) is 11.1 Å². The van der Waals surface area contributed by atoms with Gasteiger partial charge in [0.15, 0.2) is 6.49 Å². The molecule has 332 valence electrons. The van der Waals surface area contributed by atoms with Crippen LogP contribution in [0.5, 0.6) is 11.5 Å². The monoisotopic (exact) mass is 901 g/mol. The number of aryl methyl sites for hydroxylation is 2. The summed E-state index contributed by atoms with van der Waals surface area (Å²) in [5, 5.41) is 20.7. The van der Waals surface area contributed by atoms with Crippen LogP contribution in [0.25, 0.3) is 0 Å². The third-order valence-electron chi connectivity index (χ3n) is 11.3. The normalized spacial score (nSPS) is 22.0. The van der Waals surface area contributed by atoms with Gasteiger partial charge in [0, 0.05) is 36.4 Å². The summed E-state index contributed by atoms with van der Waals surface area (Å²) in [6, 6.07) is 26.7. The SMILES string of the molecule is COc1ccc(C(OC[C@H]2O[C@@H](n3cc(C)c(=O)[nH]c3=O)C[C@@H]2P(=S)(OCCC#N)OC[C@H]2O[C@@H](n3cc(C)c(=O)[nH]c3=O)C[C@@H]2O)(c2ccccc2)c2ccc(OC)cc2)cc1. The van der Waals surface area contributed by atoms with Crippen LogP contribution in [0.1, 0.15) is 59.5 Å². The summed E-state index contributed by atoms with van der Waals surface area (Å²) in [6.07, 6.45) is -2.08. The minimum atomic E-state index is -3.61. The topological polar surface area (TPSA) is 218 Å². The summed E-state index contributed by atoms with van der Waals surface area (Å²) in [6.45, 7) is -1.02. The second-order valence-corrected chi connectivity index (χ2v) is 19.0. The second-order valence-electron chi connectivity index (χ2n) is 15.2. The molecule has 19 heteroatoms. The molecule has 2 fully saturated rings. The summed E-state index contributed by atoms with van der Waals surface area (Å²) in [5.41, 5.74) is -1.73. The summed E-state index contributed by atoms with van der Waals surface area (Å²) in [4.78, 5) is 55.2. The molecule has 2 aromatic heterocycles. The number of H-pyrrole nitrogens is 2. The highest BCUT2D eigenvalue weighted by atomic mass is 32.5. The molecule has 2 saturated heterocycles. The zero-order valence-corrected chi connectivity index (χ0v) is 36.7. The molecule has 3 aromatic carbocycles. The Morgan fingerprint density at radius 2 is 1.27 bits per heavy atom. The van der Waals surface area contributed by atoms with Crippen LogP contribution in [0.4, 0.5) is 0 Å². The molecule has 0 saturated carbocycles. The van der Waals surface area contributed by atoms with Crippen molar-refractivity contribution >= 4 is 18.3 Å². The molecule has 0 radical (unpaired) electrons. The van der Waals surface area contributed by atoms with Gasteiger partial charge in [-0.1, -0.05) is 54.6 Å². The molecule has 2 aliphatic heterocycles. The van der Waals surface area contributed by atoms with Crippen LogP contribution in [0.2, 0.25) is 0 Å². The molecular formula is C44H48N5O12PS. The number of ether oxygens (including phenoxy) is 5. The van der Waals surface area contributed by atoms with Crippen molar-refractivity contribution in [2.75, 3.05) is 34.0 Å². The predicted molar refractivity (Wildman–Crippen MR) is 234 cm³/mol. The quantitative estimate of drug-likeness (QED) is 0.0674. The maximum Gasteiger partial charge on any atom is 0.330 e. The highest BCUT2D eigenvalue weighted by Crippen LogP contribution is 2.60. The molecule has 17 nitrogen and oxygen atoms in total. The van der Waals surface area contributed by atoms with Crippen LogP contribution in [0.15, 0.2) is 110 Å². The Morgan fingerprint density at radius 1 is 0.762 bits per heavy atom. The molecule has 7 atom stereocenters. The molecule has 7 rings (SSSR count). The van der Waals surface area contributed by atoms with Gasteiger partial charge >= 0.3 is 11.4 Å². The van der Waals surface area contributed by atoms with Crippen molar-refractivity contribution in [3.05, 3.63) is 161 Å². The minimum Gasteiger partial charge on any atom is -0.497 e. The zero-order valence-electron chi connectivity index (χ0n) is 35.0. The lowest BCUT2D eigenvalue weighted by Gasteiger charge is -2.38. The number of hydrogen-bond donors (Lipinski definition) is 3. The molecule has 0 bridgehead atoms. The molecular weight excluding hydrogens is 854 g/mol. The van der Waals surface area contributed by atoms with Crippen molar-refractivity contribution in [1.82, 2.24) is 19.1 Å². The Kier molecular flexibility index (Phi) is 14.1. The highest BCUT2D eigenvalue weighted by Gasteiger charge is 2.49. The summed E-state index contributed by atoms with van der Waals surface area (Å²) >= 11 is 6.34. The Hall–Kier alpha value is -5.48. The van der Waals surface area contributed by atoms with E-state index in [1.165, 1.54) is 21.5 Å². The minimum absolute atomic E-state index is 0.00935. The average molecular weight is 902 g/mol. The van der Waals surface area contributed by atoms with Gasteiger partial charge in [-0.15, -0.1) is 0 Å². The van der Waals surface area contributed by atoms with Crippen molar-refractivity contribution in [1.29, 1.82) is 5.26 Å². The van der Waals surface area contributed by atoms with E-state index in [1.54, 1.807) is 28.1 Å². The molecule has 0 aliphatic carbocycles. The number of aliphatic hydroxyl groups is 1. The van der Waals surface area contributed by atoms with Crippen LogP contribution < -0.4 is 32.0 Å². The van der Waals surface area contributed by atoms with E-state index < -0.39 is 71.0 Å². The number of aliphatic hydroxyl groups excluding tert-OH is 1. The Bertz CT molecular complexity index is 2670. The fourth-order valence-electron chi connectivity index (χ4n) is 7.91. The van der Waals surface area contributed by atoms with Crippen LogP contribution >= 0.6 is 6.49 Å². The van der Waals surface area contributed by atoms with E-state index in [-0.39, 0.29) is 50.2 Å². The average Bonchev–Trinajstić information content (AvgIpc) is 3.90. The predicted octanol–water partition coefficient (Wildman–Crippen LogP) is 4.29. The van der Waals surface area contributed by atoms with Crippen molar-refractivity contribution in [2.45, 2.75) is 75.1 Å². The van der Waals surface area contributed by atoms with E-state index in [2.05, 4.69) is 16.0 Å². The Morgan fingerprint density at radius 3 is 1.79 bits per heavy atom. The lowest BCUT2D eigenvalue weighted by atomic mass is 9.80. The van der Waals surface area contributed by atoms with E-state index in [1.807, 2.05) is 78.9 Å². The number of aromatic nitrogens is 4. The fourth-order valence-corrected chi connectivity index (χ4v) is 11.1. The van der Waals surface area contributed by atoms with Crippen molar-refractivity contribution < 1.29 is 37.8 Å². The summed E-state index contributed by atoms with van der Waals surface area (Å²) in [5.74, 6) is 1.27. The number of hydrogen-bond acceptors (Lipinski definition) is 14. The lowest BCUT2D eigenvalue weighted by Crippen LogP contribution is -2.38. The van der Waals surface area contributed by atoms with Crippen LogP contribution in [0, 0.1) is 25.2 Å². The fraction of sp³-hybridized carbons (Fsp3) is 0.386. The van der Waals surface area contributed by atoms with Crippen LogP contribution in [-0.4, -0.2) is 82.2 Å². The number of nitriles is 1. The number of nitrogens with zero attached hydrogens (tertiary/aromatic N) is 3. The largest absolute Gasteiger partial charge is 0.497 e. The van der Waals surface area contributed by atoms with Gasteiger partial charge in [0.1, 0.15) is 35.7 Å². The van der Waals surface area contributed by atoms with E-state index in [9.17, 15) is 29.5 Å². The van der Waals surface area contributed by atoms with Gasteiger partial charge in [0.05, 0.1) is 64.4 Å². The van der Waals surface area contributed by atoms with Crippen LogP contribution in [0.3, 0.4) is 0 Å². The summed E-state index contributed by atoms with van der Waals surface area (Å²) < 4.78 is 46.5. The molecule has 2 aliphatic rings. The smallest absolute Gasteiger partial charge is 0.330 e. The zero-order chi connectivity index (χ0) is 44.9. The Balaban J connectivity index is 1.28.